The first kappa shape index (κ1) is 19.3. The first-order chi connectivity index (χ1) is 13.6. The molecule has 3 aromatic rings. The fraction of sp³-hybridized carbons (Fsp3) is 0.455. The van der Waals surface area contributed by atoms with Crippen molar-refractivity contribution < 1.29 is 17.6 Å². The Labute approximate surface area is 166 Å². The van der Waals surface area contributed by atoms with Gasteiger partial charge in [-0.2, -0.15) is 0 Å². The van der Waals surface area contributed by atoms with E-state index < -0.39 is 9.84 Å². The third kappa shape index (κ3) is 4.18. The predicted molar refractivity (Wildman–Crippen MR) is 113 cm³/mol. The van der Waals surface area contributed by atoms with Crippen LogP contribution in [-0.4, -0.2) is 51.1 Å². The van der Waals surface area contributed by atoms with Gasteiger partial charge in [-0.05, 0) is 53.4 Å². The van der Waals surface area contributed by atoms with Crippen LogP contribution in [0.3, 0.4) is 0 Å². The predicted octanol–water partition coefficient (Wildman–Crippen LogP) is 4.04. The quantitative estimate of drug-likeness (QED) is 0.559. The summed E-state index contributed by atoms with van der Waals surface area (Å²) in [6.45, 7) is 4.96. The molecule has 0 amide bonds. The van der Waals surface area contributed by atoms with Crippen LogP contribution < -0.4 is 4.74 Å². The average Bonchev–Trinajstić information content (AvgIpc) is 3.10. The second kappa shape index (κ2) is 8.13. The molecule has 0 unspecified atom stereocenters. The Morgan fingerprint density at radius 1 is 1.14 bits per heavy atom. The highest BCUT2D eigenvalue weighted by Crippen LogP contribution is 2.32. The highest BCUT2D eigenvalue weighted by atomic mass is 32.2. The molecule has 0 aliphatic carbocycles. The maximum atomic E-state index is 11.5. The van der Waals surface area contributed by atoms with Crippen LogP contribution in [0.2, 0.25) is 0 Å². The summed E-state index contributed by atoms with van der Waals surface area (Å²) in [5.41, 5.74) is 2.20. The first-order valence-corrected chi connectivity index (χ1v) is 11.9. The van der Waals surface area contributed by atoms with Crippen LogP contribution in [0.15, 0.2) is 41.0 Å². The Bertz CT molecular complexity index is 1060. The summed E-state index contributed by atoms with van der Waals surface area (Å²) in [6.07, 6.45) is 4.88. The fourth-order valence-electron chi connectivity index (χ4n) is 3.91. The maximum Gasteiger partial charge on any atom is 0.152 e. The molecule has 1 saturated heterocycles. The van der Waals surface area contributed by atoms with E-state index in [9.17, 15) is 8.42 Å². The lowest BCUT2D eigenvalue weighted by atomic mass is 10.0. The minimum atomic E-state index is -2.81. The van der Waals surface area contributed by atoms with Gasteiger partial charge in [-0.3, -0.25) is 0 Å². The number of rotatable bonds is 7. The summed E-state index contributed by atoms with van der Waals surface area (Å²) in [7, 11) is -2.81. The van der Waals surface area contributed by atoms with Crippen LogP contribution in [0.5, 0.6) is 5.75 Å². The van der Waals surface area contributed by atoms with Crippen molar-refractivity contribution in [2.75, 3.05) is 37.7 Å². The Balaban J connectivity index is 1.38. The summed E-state index contributed by atoms with van der Waals surface area (Å²) in [6, 6.07) is 10.4. The third-order valence-corrected chi connectivity index (χ3v) is 7.06. The zero-order valence-electron chi connectivity index (χ0n) is 16.3. The van der Waals surface area contributed by atoms with E-state index in [4.69, 9.17) is 9.15 Å². The van der Waals surface area contributed by atoms with Gasteiger partial charge < -0.3 is 14.1 Å². The van der Waals surface area contributed by atoms with Crippen LogP contribution in [-0.2, 0) is 16.3 Å². The Kier molecular flexibility index (Phi) is 5.60. The molecule has 6 heteroatoms. The lowest BCUT2D eigenvalue weighted by Crippen LogP contribution is -2.40. The van der Waals surface area contributed by atoms with Gasteiger partial charge in [0.05, 0.1) is 24.4 Å². The van der Waals surface area contributed by atoms with Crippen molar-refractivity contribution in [3.63, 3.8) is 0 Å². The van der Waals surface area contributed by atoms with Gasteiger partial charge in [-0.1, -0.05) is 19.4 Å². The number of sulfone groups is 1. The Morgan fingerprint density at radius 2 is 1.96 bits per heavy atom. The molecule has 2 heterocycles. The SMILES string of the molecule is CCCc1coc2ccc3cc(OCCCN4CCS(=O)(=O)CC4)ccc3c12. The van der Waals surface area contributed by atoms with Gasteiger partial charge in [0.2, 0.25) is 0 Å². The minimum Gasteiger partial charge on any atom is -0.494 e. The molecular formula is C22H27NO4S. The van der Waals surface area contributed by atoms with Crippen molar-refractivity contribution in [2.24, 2.45) is 0 Å². The lowest BCUT2D eigenvalue weighted by molar-refractivity contribution is 0.246. The largest absolute Gasteiger partial charge is 0.494 e. The number of aryl methyl sites for hydroxylation is 1. The molecule has 150 valence electrons. The number of fused-ring (bicyclic) bond motifs is 3. The number of ether oxygens (including phenoxy) is 1. The summed E-state index contributed by atoms with van der Waals surface area (Å²) in [5, 5.41) is 3.58. The molecule has 0 spiro atoms. The van der Waals surface area contributed by atoms with E-state index in [2.05, 4.69) is 30.0 Å². The van der Waals surface area contributed by atoms with Gasteiger partial charge in [0.25, 0.3) is 0 Å². The molecule has 28 heavy (non-hydrogen) atoms. The van der Waals surface area contributed by atoms with Gasteiger partial charge in [0.15, 0.2) is 9.84 Å². The molecule has 1 aliphatic heterocycles. The number of hydrogen-bond donors (Lipinski definition) is 0. The highest BCUT2D eigenvalue weighted by molar-refractivity contribution is 7.91. The number of hydrogen-bond acceptors (Lipinski definition) is 5. The Morgan fingerprint density at radius 3 is 2.75 bits per heavy atom. The zero-order chi connectivity index (χ0) is 19.6. The second-order valence-corrected chi connectivity index (χ2v) is 9.83. The molecule has 0 bridgehead atoms. The topological polar surface area (TPSA) is 59.8 Å². The molecule has 1 fully saturated rings. The van der Waals surface area contributed by atoms with Gasteiger partial charge in [0, 0.05) is 25.0 Å². The molecule has 1 aliphatic rings. The van der Waals surface area contributed by atoms with Gasteiger partial charge in [-0.25, -0.2) is 8.42 Å². The summed E-state index contributed by atoms with van der Waals surface area (Å²) in [4.78, 5) is 2.20. The normalized spacial score (nSPS) is 17.3. The number of benzene rings is 2. The van der Waals surface area contributed by atoms with Gasteiger partial charge in [-0.15, -0.1) is 0 Å². The maximum absolute atomic E-state index is 11.5. The molecule has 0 N–H and O–H groups in total. The molecule has 5 nitrogen and oxygen atoms in total. The van der Waals surface area contributed by atoms with E-state index in [0.717, 1.165) is 42.5 Å². The van der Waals surface area contributed by atoms with Crippen LogP contribution in [0.25, 0.3) is 21.7 Å². The summed E-state index contributed by atoms with van der Waals surface area (Å²) in [5.74, 6) is 1.43. The number of furan rings is 1. The molecular weight excluding hydrogens is 374 g/mol. The van der Waals surface area contributed by atoms with Gasteiger partial charge >= 0.3 is 0 Å². The lowest BCUT2D eigenvalue weighted by Gasteiger charge is -2.26. The van der Waals surface area contributed by atoms with Gasteiger partial charge in [0.1, 0.15) is 11.3 Å². The fourth-order valence-corrected chi connectivity index (χ4v) is 5.18. The minimum absolute atomic E-state index is 0.279. The van der Waals surface area contributed by atoms with Crippen LogP contribution in [0.1, 0.15) is 25.3 Å². The van der Waals surface area contributed by atoms with Crippen molar-refractivity contribution in [3.05, 3.63) is 42.2 Å². The summed E-state index contributed by atoms with van der Waals surface area (Å²) < 4.78 is 34.6. The standard InChI is InChI=1S/C22H27NO4S/c1-2-4-18-16-27-21-8-5-17-15-19(6-7-20(17)22(18)21)26-12-3-9-23-10-13-28(24,25)14-11-23/h5-8,15-16H,2-4,9-14H2,1H3. The van der Waals surface area contributed by atoms with E-state index >= 15 is 0 Å². The van der Waals surface area contributed by atoms with Crippen molar-refractivity contribution in [2.45, 2.75) is 26.2 Å². The Hall–Kier alpha value is -2.05. The van der Waals surface area contributed by atoms with Crippen molar-refractivity contribution in [3.8, 4) is 5.75 Å². The van der Waals surface area contributed by atoms with Crippen molar-refractivity contribution >= 4 is 31.6 Å². The van der Waals surface area contributed by atoms with Crippen molar-refractivity contribution in [1.29, 1.82) is 0 Å². The molecule has 2 aromatic carbocycles. The van der Waals surface area contributed by atoms with E-state index in [1.54, 1.807) is 0 Å². The molecule has 0 radical (unpaired) electrons. The average molecular weight is 402 g/mol. The monoisotopic (exact) mass is 401 g/mol. The van der Waals surface area contributed by atoms with E-state index in [-0.39, 0.29) is 11.5 Å². The second-order valence-electron chi connectivity index (χ2n) is 7.53. The van der Waals surface area contributed by atoms with Crippen LogP contribution >= 0.6 is 0 Å². The van der Waals surface area contributed by atoms with Crippen LogP contribution in [0, 0.1) is 0 Å². The molecule has 1 aromatic heterocycles. The van der Waals surface area contributed by atoms with E-state index in [1.165, 1.54) is 16.3 Å². The highest BCUT2D eigenvalue weighted by Gasteiger charge is 2.20. The molecule has 0 saturated carbocycles. The molecule has 0 atom stereocenters. The molecule has 4 rings (SSSR count). The zero-order valence-corrected chi connectivity index (χ0v) is 17.1. The third-order valence-electron chi connectivity index (χ3n) is 5.45. The van der Waals surface area contributed by atoms with Crippen LogP contribution in [0.4, 0.5) is 0 Å². The van der Waals surface area contributed by atoms with E-state index in [1.807, 2.05) is 18.4 Å². The smallest absolute Gasteiger partial charge is 0.152 e. The van der Waals surface area contributed by atoms with Crippen molar-refractivity contribution in [1.82, 2.24) is 4.90 Å². The summed E-state index contributed by atoms with van der Waals surface area (Å²) >= 11 is 0. The first-order valence-electron chi connectivity index (χ1n) is 10.0. The number of nitrogens with zero attached hydrogens (tertiary/aromatic N) is 1. The van der Waals surface area contributed by atoms with E-state index in [0.29, 0.717) is 19.7 Å².